The van der Waals surface area contributed by atoms with Gasteiger partial charge in [-0.2, -0.15) is 0 Å². The summed E-state index contributed by atoms with van der Waals surface area (Å²) in [5.41, 5.74) is 4.08. The highest BCUT2D eigenvalue weighted by Gasteiger charge is 2.23. The Hall–Kier alpha value is -2.20. The minimum Gasteiger partial charge on any atom is -0.339 e. The molecule has 1 saturated heterocycles. The van der Waals surface area contributed by atoms with Crippen molar-refractivity contribution in [3.8, 4) is 10.6 Å². The smallest absolute Gasteiger partial charge is 0.250 e. The molecule has 116 valence electrons. The van der Waals surface area contributed by atoms with Crippen LogP contribution in [0, 0.1) is 0 Å². The molecule has 0 N–H and O–H groups in total. The molecule has 2 heterocycles. The first kappa shape index (κ1) is 14.4. The molecule has 1 aromatic heterocycles. The lowest BCUT2D eigenvalue weighted by Gasteiger charge is -2.15. The van der Waals surface area contributed by atoms with Gasteiger partial charge in [0.2, 0.25) is 5.91 Å². The molecule has 2 aromatic rings. The molecule has 1 amide bonds. The molecule has 1 aromatic carbocycles. The summed E-state index contributed by atoms with van der Waals surface area (Å²) >= 11 is 1.65. The highest BCUT2D eigenvalue weighted by atomic mass is 32.1. The Morgan fingerprint density at radius 2 is 1.91 bits per heavy atom. The van der Waals surface area contributed by atoms with Gasteiger partial charge in [-0.1, -0.05) is 36.4 Å². The van der Waals surface area contributed by atoms with E-state index in [2.05, 4.69) is 23.6 Å². The standard InChI is InChI=1S/C19H18N2OS/c22-19(21-10-4-5-11-21)16-9-8-15(12-16)17-13-23-18(20-17)14-6-2-1-3-7-14/h1-3,6-8,12-13H,4-5,9-11H2. The molecule has 0 spiro atoms. The molecule has 1 aliphatic heterocycles. The second-order valence-electron chi connectivity index (χ2n) is 5.94. The van der Waals surface area contributed by atoms with E-state index in [1.54, 1.807) is 11.3 Å². The SMILES string of the molecule is O=C(C1=CC(c2csc(-c3ccccc3)n2)=CC1)N1CCCC1. The molecule has 23 heavy (non-hydrogen) atoms. The zero-order valence-corrected chi connectivity index (χ0v) is 13.7. The van der Waals surface area contributed by atoms with Crippen molar-refractivity contribution in [3.05, 3.63) is 59.1 Å². The molecule has 1 fully saturated rings. The quantitative estimate of drug-likeness (QED) is 0.850. The normalized spacial score (nSPS) is 17.3. The predicted molar refractivity (Wildman–Crippen MR) is 94.0 cm³/mol. The molecule has 3 nitrogen and oxygen atoms in total. The van der Waals surface area contributed by atoms with Crippen molar-refractivity contribution in [1.82, 2.24) is 9.88 Å². The maximum Gasteiger partial charge on any atom is 0.250 e. The molecule has 4 heteroatoms. The van der Waals surface area contributed by atoms with Crippen LogP contribution < -0.4 is 0 Å². The van der Waals surface area contributed by atoms with Crippen LogP contribution in [0.4, 0.5) is 0 Å². The third kappa shape index (κ3) is 2.86. The number of thiazole rings is 1. The van der Waals surface area contributed by atoms with Crippen molar-refractivity contribution in [2.75, 3.05) is 13.1 Å². The van der Waals surface area contributed by atoms with Gasteiger partial charge >= 0.3 is 0 Å². The Labute approximate surface area is 140 Å². The molecule has 0 unspecified atom stereocenters. The van der Waals surface area contributed by atoms with Gasteiger partial charge in [0, 0.05) is 29.6 Å². The lowest BCUT2D eigenvalue weighted by Crippen LogP contribution is -2.28. The van der Waals surface area contributed by atoms with Crippen LogP contribution in [0.5, 0.6) is 0 Å². The summed E-state index contributed by atoms with van der Waals surface area (Å²) in [5, 5.41) is 3.10. The van der Waals surface area contributed by atoms with E-state index in [1.165, 1.54) is 0 Å². The highest BCUT2D eigenvalue weighted by molar-refractivity contribution is 7.13. The van der Waals surface area contributed by atoms with E-state index >= 15 is 0 Å². The second kappa shape index (κ2) is 6.13. The first-order valence-electron chi connectivity index (χ1n) is 8.02. The van der Waals surface area contributed by atoms with Crippen molar-refractivity contribution in [2.45, 2.75) is 19.3 Å². The summed E-state index contributed by atoms with van der Waals surface area (Å²) in [6.45, 7) is 1.81. The van der Waals surface area contributed by atoms with Crippen LogP contribution in [0.25, 0.3) is 16.1 Å². The first-order chi connectivity index (χ1) is 11.3. The van der Waals surface area contributed by atoms with E-state index < -0.39 is 0 Å². The van der Waals surface area contributed by atoms with E-state index in [4.69, 9.17) is 4.98 Å². The van der Waals surface area contributed by atoms with Crippen LogP contribution in [0.1, 0.15) is 25.0 Å². The lowest BCUT2D eigenvalue weighted by molar-refractivity contribution is -0.126. The van der Waals surface area contributed by atoms with E-state index in [1.807, 2.05) is 29.2 Å². The minimum atomic E-state index is 0.201. The van der Waals surface area contributed by atoms with Gasteiger partial charge < -0.3 is 4.90 Å². The van der Waals surface area contributed by atoms with Gasteiger partial charge in [0.05, 0.1) is 5.69 Å². The summed E-state index contributed by atoms with van der Waals surface area (Å²) < 4.78 is 0. The maximum atomic E-state index is 12.5. The number of aromatic nitrogens is 1. The number of hydrogen-bond acceptors (Lipinski definition) is 3. The van der Waals surface area contributed by atoms with E-state index in [0.717, 1.165) is 59.8 Å². The van der Waals surface area contributed by atoms with Crippen molar-refractivity contribution < 1.29 is 4.79 Å². The van der Waals surface area contributed by atoms with Gasteiger partial charge in [-0.3, -0.25) is 4.79 Å². The fraction of sp³-hybridized carbons (Fsp3) is 0.263. The minimum absolute atomic E-state index is 0.201. The largest absolute Gasteiger partial charge is 0.339 e. The fourth-order valence-electron chi connectivity index (χ4n) is 3.10. The average molecular weight is 322 g/mol. The van der Waals surface area contributed by atoms with Crippen LogP contribution in [0.15, 0.2) is 53.4 Å². The number of benzene rings is 1. The van der Waals surface area contributed by atoms with E-state index in [0.29, 0.717) is 0 Å². The Balaban J connectivity index is 1.53. The van der Waals surface area contributed by atoms with Crippen LogP contribution in [-0.4, -0.2) is 28.9 Å². The average Bonchev–Trinajstić information content (AvgIpc) is 3.35. The van der Waals surface area contributed by atoms with Gasteiger partial charge in [-0.05, 0) is 30.9 Å². The number of carbonyl (C=O) groups excluding carboxylic acids is 1. The Kier molecular flexibility index (Phi) is 3.83. The molecule has 1 aliphatic carbocycles. The monoisotopic (exact) mass is 322 g/mol. The molecule has 0 bridgehead atoms. The number of amides is 1. The topological polar surface area (TPSA) is 33.2 Å². The third-order valence-electron chi connectivity index (χ3n) is 4.36. The van der Waals surface area contributed by atoms with Gasteiger partial charge in [0.15, 0.2) is 0 Å². The van der Waals surface area contributed by atoms with Crippen molar-refractivity contribution in [2.24, 2.45) is 0 Å². The van der Waals surface area contributed by atoms with Crippen LogP contribution in [-0.2, 0) is 4.79 Å². The van der Waals surface area contributed by atoms with Gasteiger partial charge in [-0.15, -0.1) is 11.3 Å². The predicted octanol–water partition coefficient (Wildman–Crippen LogP) is 4.15. The number of carbonyl (C=O) groups is 1. The summed E-state index contributed by atoms with van der Waals surface area (Å²) in [4.78, 5) is 19.2. The van der Waals surface area contributed by atoms with Gasteiger partial charge in [0.25, 0.3) is 0 Å². The highest BCUT2D eigenvalue weighted by Crippen LogP contribution is 2.31. The van der Waals surface area contributed by atoms with E-state index in [9.17, 15) is 4.79 Å². The van der Waals surface area contributed by atoms with Crippen LogP contribution in [0.3, 0.4) is 0 Å². The number of nitrogens with zero attached hydrogens (tertiary/aromatic N) is 2. The van der Waals surface area contributed by atoms with Crippen LogP contribution in [0.2, 0.25) is 0 Å². The molecular weight excluding hydrogens is 304 g/mol. The summed E-state index contributed by atoms with van der Waals surface area (Å²) in [6, 6.07) is 10.2. The summed E-state index contributed by atoms with van der Waals surface area (Å²) in [5.74, 6) is 0.201. The number of likely N-dealkylation sites (tertiary alicyclic amines) is 1. The number of rotatable bonds is 3. The van der Waals surface area contributed by atoms with E-state index in [-0.39, 0.29) is 5.91 Å². The molecule has 4 rings (SSSR count). The Morgan fingerprint density at radius 3 is 2.70 bits per heavy atom. The molecular formula is C19H18N2OS. The number of hydrogen-bond donors (Lipinski definition) is 0. The van der Waals surface area contributed by atoms with Gasteiger partial charge in [-0.25, -0.2) is 4.98 Å². The Morgan fingerprint density at radius 1 is 1.13 bits per heavy atom. The summed E-state index contributed by atoms with van der Waals surface area (Å²) in [6.07, 6.45) is 7.12. The zero-order chi connectivity index (χ0) is 15.6. The molecule has 0 atom stereocenters. The maximum absolute atomic E-state index is 12.5. The van der Waals surface area contributed by atoms with Gasteiger partial charge in [0.1, 0.15) is 5.01 Å². The Bertz CT molecular complexity index is 783. The second-order valence-corrected chi connectivity index (χ2v) is 6.79. The first-order valence-corrected chi connectivity index (χ1v) is 8.90. The van der Waals surface area contributed by atoms with Crippen LogP contribution >= 0.6 is 11.3 Å². The zero-order valence-electron chi connectivity index (χ0n) is 12.9. The molecule has 0 radical (unpaired) electrons. The lowest BCUT2D eigenvalue weighted by atomic mass is 10.2. The van der Waals surface area contributed by atoms with Crippen molar-refractivity contribution >= 4 is 22.8 Å². The third-order valence-corrected chi connectivity index (χ3v) is 5.25. The number of allylic oxidation sites excluding steroid dienone is 3. The fourth-order valence-corrected chi connectivity index (χ4v) is 3.93. The summed E-state index contributed by atoms with van der Waals surface area (Å²) in [7, 11) is 0. The van der Waals surface area contributed by atoms with Crippen molar-refractivity contribution in [1.29, 1.82) is 0 Å². The molecule has 0 saturated carbocycles. The molecule has 2 aliphatic rings. The van der Waals surface area contributed by atoms with Crippen molar-refractivity contribution in [3.63, 3.8) is 0 Å².